The number of nitrogens with one attached hydrogen (secondary N) is 2. The first-order chi connectivity index (χ1) is 14.5. The molecule has 4 rings (SSSR count). The molecule has 0 saturated carbocycles. The number of pyridine rings is 1. The van der Waals surface area contributed by atoms with Gasteiger partial charge in [-0.15, -0.1) is 0 Å². The first-order valence-corrected chi connectivity index (χ1v) is 9.90. The van der Waals surface area contributed by atoms with Gasteiger partial charge in [0.15, 0.2) is 0 Å². The second-order valence-electron chi connectivity index (χ2n) is 7.44. The van der Waals surface area contributed by atoms with Crippen LogP contribution in [0.15, 0.2) is 42.7 Å². The number of fused-ring (bicyclic) bond motifs is 1. The largest absolute Gasteiger partial charge is 0.361 e. The van der Waals surface area contributed by atoms with Crippen molar-refractivity contribution in [3.8, 4) is 0 Å². The molecule has 0 aliphatic carbocycles. The molecular weight excluding hydrogens is 389 g/mol. The molecule has 1 amide bonds. The summed E-state index contributed by atoms with van der Waals surface area (Å²) in [6, 6.07) is 7.72. The Hall–Kier alpha value is -3.49. The number of amides is 1. The van der Waals surface area contributed by atoms with Crippen molar-refractivity contribution in [1.29, 1.82) is 0 Å². The number of hydrogen-bond donors (Lipinski definition) is 2. The Morgan fingerprint density at radius 3 is 2.80 bits per heavy atom. The van der Waals surface area contributed by atoms with Gasteiger partial charge in [0.25, 0.3) is 5.69 Å². The highest BCUT2D eigenvalue weighted by Crippen LogP contribution is 2.24. The molecule has 8 nitrogen and oxygen atoms in total. The lowest BCUT2D eigenvalue weighted by Crippen LogP contribution is -2.41. The molecule has 1 aromatic carbocycles. The molecule has 9 heteroatoms. The summed E-state index contributed by atoms with van der Waals surface area (Å²) < 4.78 is 13.5. The number of halogens is 1. The average molecular weight is 411 g/mol. The van der Waals surface area contributed by atoms with Gasteiger partial charge in [0.05, 0.1) is 4.92 Å². The summed E-state index contributed by atoms with van der Waals surface area (Å²) in [5.41, 5.74) is 1.82. The molecule has 0 atom stereocenters. The molecule has 0 spiro atoms. The molecule has 2 N–H and O–H groups in total. The van der Waals surface area contributed by atoms with E-state index in [4.69, 9.17) is 0 Å². The second kappa shape index (κ2) is 8.48. The fourth-order valence-electron chi connectivity index (χ4n) is 3.87. The monoisotopic (exact) mass is 411 g/mol. The molecule has 0 unspecified atom stereocenters. The molecule has 156 valence electrons. The van der Waals surface area contributed by atoms with E-state index in [9.17, 15) is 19.3 Å². The molecule has 1 saturated heterocycles. The van der Waals surface area contributed by atoms with Gasteiger partial charge in [-0.1, -0.05) is 0 Å². The van der Waals surface area contributed by atoms with E-state index in [1.807, 2.05) is 11.1 Å². The number of hydrogen-bond acceptors (Lipinski definition) is 5. The Morgan fingerprint density at radius 2 is 2.10 bits per heavy atom. The Balaban J connectivity index is 1.26. The van der Waals surface area contributed by atoms with Crippen LogP contribution in [0.1, 0.15) is 18.4 Å². The normalized spacial score (nSPS) is 14.8. The number of aromatic amines is 1. The molecule has 1 aliphatic heterocycles. The maximum atomic E-state index is 13.5. The van der Waals surface area contributed by atoms with Crippen molar-refractivity contribution in [2.75, 3.05) is 24.5 Å². The van der Waals surface area contributed by atoms with Gasteiger partial charge in [-0.05, 0) is 49.1 Å². The molecule has 0 bridgehead atoms. The molecule has 30 heavy (non-hydrogen) atoms. The number of nitrogens with zero attached hydrogens (tertiary/aromatic N) is 3. The molecule has 2 aromatic heterocycles. The highest BCUT2D eigenvalue weighted by molar-refractivity contribution is 5.83. The standard InChI is InChI=1S/C21H22FN5O3/c22-16-1-3-19-18(11-16)15(12-24-19)5-8-23-21(28)14-6-9-26(10-7-14)20-4-2-17(13-25-20)27(29)30/h1-4,11-14,24H,5-10H2,(H,23,28). The van der Waals surface area contributed by atoms with Crippen molar-refractivity contribution >= 4 is 28.3 Å². The van der Waals surface area contributed by atoms with Gasteiger partial charge in [0, 0.05) is 48.7 Å². The fraction of sp³-hybridized carbons (Fsp3) is 0.333. The summed E-state index contributed by atoms with van der Waals surface area (Å²) >= 11 is 0. The van der Waals surface area contributed by atoms with Crippen LogP contribution >= 0.6 is 0 Å². The third kappa shape index (κ3) is 4.24. The zero-order valence-electron chi connectivity index (χ0n) is 16.3. The SMILES string of the molecule is O=C(NCCc1c[nH]c2ccc(F)cc12)C1CCN(c2ccc([N+](=O)[O-])cn2)CC1. The van der Waals surface area contributed by atoms with Gasteiger partial charge in [-0.3, -0.25) is 14.9 Å². The van der Waals surface area contributed by atoms with Crippen LogP contribution < -0.4 is 10.2 Å². The van der Waals surface area contributed by atoms with Crippen LogP contribution in [0.4, 0.5) is 15.9 Å². The Kier molecular flexibility index (Phi) is 5.60. The molecule has 1 fully saturated rings. The molecule has 3 heterocycles. The van der Waals surface area contributed by atoms with Crippen LogP contribution in [0.25, 0.3) is 10.9 Å². The number of carbonyl (C=O) groups is 1. The van der Waals surface area contributed by atoms with Gasteiger partial charge >= 0.3 is 0 Å². The molecular formula is C21H22FN5O3. The van der Waals surface area contributed by atoms with E-state index in [0.29, 0.717) is 44.7 Å². The Labute approximate surface area is 172 Å². The molecule has 0 radical (unpaired) electrons. The number of carbonyl (C=O) groups excluding carboxylic acids is 1. The third-order valence-corrected chi connectivity index (χ3v) is 5.56. The number of rotatable bonds is 6. The van der Waals surface area contributed by atoms with E-state index in [2.05, 4.69) is 15.3 Å². The number of nitro groups is 1. The van der Waals surface area contributed by atoms with E-state index >= 15 is 0 Å². The molecule has 3 aromatic rings. The first kappa shape index (κ1) is 19.8. The zero-order chi connectivity index (χ0) is 21.1. The topological polar surface area (TPSA) is 104 Å². The van der Waals surface area contributed by atoms with Crippen LogP contribution in [-0.2, 0) is 11.2 Å². The van der Waals surface area contributed by atoms with Crippen molar-refractivity contribution in [2.45, 2.75) is 19.3 Å². The van der Waals surface area contributed by atoms with E-state index in [-0.39, 0.29) is 23.3 Å². The summed E-state index contributed by atoms with van der Waals surface area (Å²) in [7, 11) is 0. The summed E-state index contributed by atoms with van der Waals surface area (Å²) in [4.78, 5) is 32.1. The maximum Gasteiger partial charge on any atom is 0.287 e. The van der Waals surface area contributed by atoms with Crippen LogP contribution in [0.2, 0.25) is 0 Å². The summed E-state index contributed by atoms with van der Waals surface area (Å²) in [5, 5.41) is 14.6. The van der Waals surface area contributed by atoms with Crippen LogP contribution in [0.3, 0.4) is 0 Å². The van der Waals surface area contributed by atoms with Crippen LogP contribution in [0, 0.1) is 21.8 Å². The van der Waals surface area contributed by atoms with Crippen molar-refractivity contribution < 1.29 is 14.1 Å². The highest BCUT2D eigenvalue weighted by atomic mass is 19.1. The minimum absolute atomic E-state index is 0.0253. The van der Waals surface area contributed by atoms with E-state index in [1.54, 1.807) is 12.1 Å². The average Bonchev–Trinajstić information content (AvgIpc) is 3.16. The van der Waals surface area contributed by atoms with Crippen LogP contribution in [-0.4, -0.2) is 40.4 Å². The van der Waals surface area contributed by atoms with Gasteiger partial charge in [0.2, 0.25) is 5.91 Å². The number of anilines is 1. The quantitative estimate of drug-likeness (QED) is 0.479. The predicted octanol–water partition coefficient (Wildman–Crippen LogP) is 3.19. The lowest BCUT2D eigenvalue weighted by atomic mass is 9.96. The van der Waals surface area contributed by atoms with Gasteiger partial charge in [0.1, 0.15) is 17.8 Å². The van der Waals surface area contributed by atoms with Gasteiger partial charge in [-0.25, -0.2) is 9.37 Å². The maximum absolute atomic E-state index is 13.5. The van der Waals surface area contributed by atoms with Gasteiger partial charge in [-0.2, -0.15) is 0 Å². The van der Waals surface area contributed by atoms with Gasteiger partial charge < -0.3 is 15.2 Å². The molecule has 1 aliphatic rings. The summed E-state index contributed by atoms with van der Waals surface area (Å²) in [5.74, 6) is 0.365. The minimum Gasteiger partial charge on any atom is -0.361 e. The van der Waals surface area contributed by atoms with E-state index in [1.165, 1.54) is 24.4 Å². The third-order valence-electron chi connectivity index (χ3n) is 5.56. The summed E-state index contributed by atoms with van der Waals surface area (Å²) in [6.07, 6.45) is 5.13. The lowest BCUT2D eigenvalue weighted by Gasteiger charge is -2.32. The lowest BCUT2D eigenvalue weighted by molar-refractivity contribution is -0.385. The number of H-pyrrole nitrogens is 1. The van der Waals surface area contributed by atoms with Crippen LogP contribution in [0.5, 0.6) is 0 Å². The van der Waals surface area contributed by atoms with Crippen molar-refractivity contribution in [2.24, 2.45) is 5.92 Å². The summed E-state index contributed by atoms with van der Waals surface area (Å²) in [6.45, 7) is 1.83. The predicted molar refractivity (Wildman–Crippen MR) is 111 cm³/mol. The number of aromatic nitrogens is 2. The smallest absolute Gasteiger partial charge is 0.287 e. The minimum atomic E-state index is -0.472. The number of piperidine rings is 1. The first-order valence-electron chi connectivity index (χ1n) is 9.90. The van der Waals surface area contributed by atoms with Crippen molar-refractivity contribution in [3.05, 3.63) is 64.2 Å². The van der Waals surface area contributed by atoms with Crippen molar-refractivity contribution in [1.82, 2.24) is 15.3 Å². The van der Waals surface area contributed by atoms with E-state index < -0.39 is 4.92 Å². The number of benzene rings is 1. The fourth-order valence-corrected chi connectivity index (χ4v) is 3.87. The zero-order valence-corrected chi connectivity index (χ0v) is 16.3. The highest BCUT2D eigenvalue weighted by Gasteiger charge is 2.25. The second-order valence-corrected chi connectivity index (χ2v) is 7.44. The Morgan fingerprint density at radius 1 is 1.30 bits per heavy atom. The van der Waals surface area contributed by atoms with Crippen molar-refractivity contribution in [3.63, 3.8) is 0 Å². The Bertz CT molecular complexity index is 1060. The van der Waals surface area contributed by atoms with E-state index in [0.717, 1.165) is 16.5 Å².